The van der Waals surface area contributed by atoms with Crippen LogP contribution in [0.5, 0.6) is 0 Å². The third kappa shape index (κ3) is 4.49. The number of nitrogens with zero attached hydrogens (tertiary/aromatic N) is 1. The van der Waals surface area contributed by atoms with Crippen LogP contribution >= 0.6 is 0 Å². The van der Waals surface area contributed by atoms with Gasteiger partial charge in [0.05, 0.1) is 5.41 Å². The first-order valence-electron chi connectivity index (χ1n) is 9.76. The summed E-state index contributed by atoms with van der Waals surface area (Å²) in [5.41, 5.74) is 8.42. The lowest BCUT2D eigenvalue weighted by atomic mass is 9.70. The van der Waals surface area contributed by atoms with E-state index >= 15 is 0 Å². The fourth-order valence-corrected chi connectivity index (χ4v) is 3.90. The Morgan fingerprint density at radius 2 is 1.29 bits per heavy atom. The predicted molar refractivity (Wildman–Crippen MR) is 115 cm³/mol. The molecule has 0 radical (unpaired) electrons. The Hall–Kier alpha value is -2.91. The highest BCUT2D eigenvalue weighted by molar-refractivity contribution is 5.90. The summed E-state index contributed by atoms with van der Waals surface area (Å²) in [6.45, 7) is 1.78. The van der Waals surface area contributed by atoms with Crippen LogP contribution in [0.3, 0.4) is 0 Å². The Labute approximate surface area is 167 Å². The summed E-state index contributed by atoms with van der Waals surface area (Å²) in [4.78, 5) is 15.1. The van der Waals surface area contributed by atoms with Gasteiger partial charge in [-0.05, 0) is 43.1 Å². The maximum Gasteiger partial charge on any atom is 0.232 e. The molecule has 0 aliphatic rings. The SMILES string of the molecule is CN(CCCC(C(N)=O)(c1ccccc1)c1ccccc1)Cc1ccccc1. The second kappa shape index (κ2) is 9.34. The summed E-state index contributed by atoms with van der Waals surface area (Å²) in [5.74, 6) is -0.296. The molecule has 3 nitrogen and oxygen atoms in total. The summed E-state index contributed by atoms with van der Waals surface area (Å²) in [6.07, 6.45) is 1.55. The number of amides is 1. The van der Waals surface area contributed by atoms with Crippen LogP contribution in [0.2, 0.25) is 0 Å². The van der Waals surface area contributed by atoms with Crippen LogP contribution in [-0.4, -0.2) is 24.4 Å². The number of hydrogen-bond acceptors (Lipinski definition) is 2. The van der Waals surface area contributed by atoms with Gasteiger partial charge in [-0.2, -0.15) is 0 Å². The highest BCUT2D eigenvalue weighted by Crippen LogP contribution is 2.36. The summed E-state index contributed by atoms with van der Waals surface area (Å²) in [5, 5.41) is 0. The third-order valence-electron chi connectivity index (χ3n) is 5.34. The zero-order chi connectivity index (χ0) is 19.8. The highest BCUT2D eigenvalue weighted by Gasteiger charge is 2.39. The molecule has 3 rings (SSSR count). The van der Waals surface area contributed by atoms with Gasteiger partial charge in [0, 0.05) is 6.54 Å². The molecule has 1 amide bonds. The van der Waals surface area contributed by atoms with Crippen LogP contribution in [0.25, 0.3) is 0 Å². The molecule has 2 N–H and O–H groups in total. The molecule has 3 aromatic rings. The van der Waals surface area contributed by atoms with Crippen molar-refractivity contribution >= 4 is 5.91 Å². The number of hydrogen-bond donors (Lipinski definition) is 1. The van der Waals surface area contributed by atoms with E-state index in [1.54, 1.807) is 0 Å². The van der Waals surface area contributed by atoms with E-state index in [1.165, 1.54) is 5.56 Å². The molecule has 0 saturated heterocycles. The first-order chi connectivity index (χ1) is 13.6. The monoisotopic (exact) mass is 372 g/mol. The van der Waals surface area contributed by atoms with Crippen LogP contribution in [0.1, 0.15) is 29.5 Å². The van der Waals surface area contributed by atoms with E-state index in [-0.39, 0.29) is 5.91 Å². The maximum absolute atomic E-state index is 12.8. The van der Waals surface area contributed by atoms with Crippen molar-refractivity contribution in [2.45, 2.75) is 24.8 Å². The fourth-order valence-electron chi connectivity index (χ4n) is 3.90. The van der Waals surface area contributed by atoms with Crippen molar-refractivity contribution in [1.82, 2.24) is 4.90 Å². The van der Waals surface area contributed by atoms with Crippen molar-refractivity contribution in [3.8, 4) is 0 Å². The molecule has 0 heterocycles. The van der Waals surface area contributed by atoms with Gasteiger partial charge < -0.3 is 10.6 Å². The average molecular weight is 373 g/mol. The molecule has 0 fully saturated rings. The summed E-state index contributed by atoms with van der Waals surface area (Å²) >= 11 is 0. The lowest BCUT2D eigenvalue weighted by molar-refractivity contribution is -0.122. The van der Waals surface area contributed by atoms with Crippen LogP contribution in [-0.2, 0) is 16.8 Å². The van der Waals surface area contributed by atoms with E-state index in [4.69, 9.17) is 5.73 Å². The number of carbonyl (C=O) groups excluding carboxylic acids is 1. The predicted octanol–water partition coefficient (Wildman–Crippen LogP) is 4.37. The number of nitrogens with two attached hydrogens (primary N) is 1. The van der Waals surface area contributed by atoms with Gasteiger partial charge in [0.2, 0.25) is 5.91 Å². The maximum atomic E-state index is 12.8. The van der Waals surface area contributed by atoms with Crippen molar-refractivity contribution in [2.75, 3.05) is 13.6 Å². The second-order valence-corrected chi connectivity index (χ2v) is 7.33. The van der Waals surface area contributed by atoms with E-state index < -0.39 is 5.41 Å². The molecule has 144 valence electrons. The van der Waals surface area contributed by atoms with Gasteiger partial charge in [-0.25, -0.2) is 0 Å². The molecule has 0 saturated carbocycles. The standard InChI is InChI=1S/C25H28N2O/c1-27(20-21-12-5-2-6-13-21)19-11-18-25(24(26)28,22-14-7-3-8-15-22)23-16-9-4-10-17-23/h2-10,12-17H,11,18-20H2,1H3,(H2,26,28). The Bertz CT molecular complexity index is 823. The summed E-state index contributed by atoms with van der Waals surface area (Å²) < 4.78 is 0. The van der Waals surface area contributed by atoms with Gasteiger partial charge in [-0.3, -0.25) is 4.79 Å². The topological polar surface area (TPSA) is 46.3 Å². The molecule has 0 aliphatic carbocycles. The highest BCUT2D eigenvalue weighted by atomic mass is 16.1. The first-order valence-corrected chi connectivity index (χ1v) is 9.76. The van der Waals surface area contributed by atoms with Crippen LogP contribution in [0, 0.1) is 0 Å². The Morgan fingerprint density at radius 3 is 1.75 bits per heavy atom. The Morgan fingerprint density at radius 1 is 0.821 bits per heavy atom. The summed E-state index contributed by atoms with van der Waals surface area (Å²) in [6, 6.07) is 30.3. The molecule has 28 heavy (non-hydrogen) atoms. The summed E-state index contributed by atoms with van der Waals surface area (Å²) in [7, 11) is 2.12. The second-order valence-electron chi connectivity index (χ2n) is 7.33. The molecular weight excluding hydrogens is 344 g/mol. The van der Waals surface area contributed by atoms with Crippen molar-refractivity contribution in [1.29, 1.82) is 0 Å². The molecule has 0 aliphatic heterocycles. The third-order valence-corrected chi connectivity index (χ3v) is 5.34. The van der Waals surface area contributed by atoms with Gasteiger partial charge >= 0.3 is 0 Å². The molecule has 0 aromatic heterocycles. The minimum Gasteiger partial charge on any atom is -0.369 e. The minimum absolute atomic E-state index is 0.296. The largest absolute Gasteiger partial charge is 0.369 e. The fraction of sp³-hybridized carbons (Fsp3) is 0.240. The average Bonchev–Trinajstić information content (AvgIpc) is 2.73. The van der Waals surface area contributed by atoms with Crippen LogP contribution < -0.4 is 5.73 Å². The lowest BCUT2D eigenvalue weighted by Crippen LogP contribution is -2.43. The molecule has 3 heteroatoms. The zero-order valence-corrected chi connectivity index (χ0v) is 16.4. The van der Waals surface area contributed by atoms with Crippen molar-refractivity contribution in [3.63, 3.8) is 0 Å². The minimum atomic E-state index is -0.809. The Balaban J connectivity index is 1.79. The van der Waals surface area contributed by atoms with Crippen LogP contribution in [0.4, 0.5) is 0 Å². The van der Waals surface area contributed by atoms with Gasteiger partial charge in [0.15, 0.2) is 0 Å². The quantitative estimate of drug-likeness (QED) is 0.606. The van der Waals surface area contributed by atoms with E-state index in [2.05, 4.69) is 36.2 Å². The number of carbonyl (C=O) groups is 1. The van der Waals surface area contributed by atoms with Crippen LogP contribution in [0.15, 0.2) is 91.0 Å². The molecular formula is C25H28N2O. The van der Waals surface area contributed by atoms with E-state index in [9.17, 15) is 4.79 Å². The van der Waals surface area contributed by atoms with Gasteiger partial charge in [0.1, 0.15) is 0 Å². The van der Waals surface area contributed by atoms with E-state index in [0.29, 0.717) is 6.42 Å². The van der Waals surface area contributed by atoms with E-state index in [0.717, 1.165) is 30.6 Å². The van der Waals surface area contributed by atoms with Gasteiger partial charge in [0.25, 0.3) is 0 Å². The molecule has 0 spiro atoms. The number of benzene rings is 3. The van der Waals surface area contributed by atoms with Gasteiger partial charge in [-0.1, -0.05) is 91.0 Å². The lowest BCUT2D eigenvalue weighted by Gasteiger charge is -2.32. The van der Waals surface area contributed by atoms with Crippen molar-refractivity contribution in [3.05, 3.63) is 108 Å². The zero-order valence-electron chi connectivity index (χ0n) is 16.4. The van der Waals surface area contributed by atoms with Crippen molar-refractivity contribution in [2.24, 2.45) is 5.73 Å². The first kappa shape index (κ1) is 19.8. The molecule has 0 atom stereocenters. The van der Waals surface area contributed by atoms with E-state index in [1.807, 2.05) is 66.7 Å². The number of rotatable bonds is 9. The molecule has 0 bridgehead atoms. The number of primary amides is 1. The molecule has 0 unspecified atom stereocenters. The smallest absolute Gasteiger partial charge is 0.232 e. The van der Waals surface area contributed by atoms with Gasteiger partial charge in [-0.15, -0.1) is 0 Å². The normalized spacial score (nSPS) is 11.5. The Kier molecular flexibility index (Phi) is 6.62. The molecule has 3 aromatic carbocycles. The van der Waals surface area contributed by atoms with Crippen molar-refractivity contribution < 1.29 is 4.79 Å².